The number of benzene rings is 2. The highest BCUT2D eigenvalue weighted by Gasteiger charge is 2.89. The number of hydrogen-bond acceptors (Lipinski definition) is 10. The Morgan fingerprint density at radius 2 is 1.18 bits per heavy atom. The third-order valence-corrected chi connectivity index (χ3v) is 10.6. The van der Waals surface area contributed by atoms with Crippen LogP contribution < -0.4 is 0 Å². The molecule has 2 aromatic carbocycles. The molecule has 202 valence electrons. The van der Waals surface area contributed by atoms with Gasteiger partial charge in [0, 0.05) is 23.0 Å². The summed E-state index contributed by atoms with van der Waals surface area (Å²) in [5.41, 5.74) is -5.71. The predicted molar refractivity (Wildman–Crippen MR) is 134 cm³/mol. The number of carbonyl (C=O) groups excluding carboxylic acids is 4. The van der Waals surface area contributed by atoms with Crippen LogP contribution in [-0.4, -0.2) is 66.0 Å². The fourth-order valence-electron chi connectivity index (χ4n) is 9.44. The summed E-state index contributed by atoms with van der Waals surface area (Å²) in [5.74, 6) is -12.1. The molecule has 10 nitrogen and oxygen atoms in total. The molecule has 6 aliphatic rings. The normalized spacial score (nSPS) is 38.1. The minimum absolute atomic E-state index is 0.185. The zero-order valence-electron chi connectivity index (χ0n) is 21.1. The van der Waals surface area contributed by atoms with E-state index in [0.717, 1.165) is 0 Å². The summed E-state index contributed by atoms with van der Waals surface area (Å²) in [6.45, 7) is 3.13. The average Bonchev–Trinajstić information content (AvgIpc) is 3.24. The van der Waals surface area contributed by atoms with Gasteiger partial charge in [-0.05, 0) is 37.1 Å². The fraction of sp³-hybridized carbons (Fsp3) is 0.333. The van der Waals surface area contributed by atoms with E-state index in [-0.39, 0.29) is 22.3 Å². The van der Waals surface area contributed by atoms with Crippen LogP contribution in [-0.2, 0) is 9.59 Å². The topological polar surface area (TPSA) is 190 Å². The largest absolute Gasteiger partial charge is 0.507 e. The molecule has 8 atom stereocenters. The minimum Gasteiger partial charge on any atom is -0.507 e. The van der Waals surface area contributed by atoms with Crippen LogP contribution in [0.1, 0.15) is 43.0 Å². The van der Waals surface area contributed by atoms with Crippen LogP contribution in [0.5, 0.6) is 11.5 Å². The van der Waals surface area contributed by atoms with Crippen LogP contribution in [0.15, 0.2) is 35.4 Å². The minimum atomic E-state index is -2.25. The second kappa shape index (κ2) is 6.54. The lowest BCUT2D eigenvalue weighted by Gasteiger charge is -2.53. The van der Waals surface area contributed by atoms with Crippen LogP contribution in [0.25, 0.3) is 11.5 Å². The van der Waals surface area contributed by atoms with Crippen molar-refractivity contribution in [2.75, 3.05) is 0 Å². The Kier molecular flexibility index (Phi) is 3.86. The molecule has 6 aliphatic carbocycles. The number of phenols is 2. The fourth-order valence-corrected chi connectivity index (χ4v) is 9.44. The highest BCUT2D eigenvalue weighted by atomic mass is 16.3. The zero-order valence-corrected chi connectivity index (χ0v) is 21.1. The van der Waals surface area contributed by atoms with Crippen molar-refractivity contribution in [3.05, 3.63) is 68.8 Å². The highest BCUT2D eigenvalue weighted by molar-refractivity contribution is 6.30. The lowest BCUT2D eigenvalue weighted by atomic mass is 9.46. The van der Waals surface area contributed by atoms with Crippen molar-refractivity contribution in [3.63, 3.8) is 0 Å². The van der Waals surface area contributed by atoms with Gasteiger partial charge in [-0.3, -0.25) is 19.2 Å². The third-order valence-electron chi connectivity index (χ3n) is 10.6. The Balaban J connectivity index is 1.55. The maximum absolute atomic E-state index is 14.5. The van der Waals surface area contributed by atoms with Crippen molar-refractivity contribution >= 4 is 34.7 Å². The van der Waals surface area contributed by atoms with E-state index in [1.54, 1.807) is 6.92 Å². The number of allylic oxidation sites excluding steroid dienone is 2. The van der Waals surface area contributed by atoms with Gasteiger partial charge in [0.25, 0.3) is 0 Å². The summed E-state index contributed by atoms with van der Waals surface area (Å²) in [6.07, 6.45) is -3.36. The molecule has 0 aromatic heterocycles. The molecule has 10 heteroatoms. The van der Waals surface area contributed by atoms with Gasteiger partial charge in [-0.2, -0.15) is 0 Å². The van der Waals surface area contributed by atoms with Crippen molar-refractivity contribution in [1.29, 1.82) is 0 Å². The predicted octanol–water partition coefficient (Wildman–Crippen LogP) is 1.70. The first-order chi connectivity index (χ1) is 18.9. The first-order valence-corrected chi connectivity index (χ1v) is 12.9. The number of fused-ring (bicyclic) bond motifs is 4. The van der Waals surface area contributed by atoms with Crippen LogP contribution in [0.4, 0.5) is 0 Å². The molecule has 0 aliphatic heterocycles. The molecular weight excluding hydrogens is 520 g/mol. The average molecular weight is 542 g/mol. The molecular formula is C30H22O10. The molecule has 4 saturated carbocycles. The van der Waals surface area contributed by atoms with Crippen LogP contribution in [0, 0.1) is 48.3 Å². The van der Waals surface area contributed by atoms with E-state index in [4.69, 9.17) is 0 Å². The van der Waals surface area contributed by atoms with Crippen molar-refractivity contribution in [3.8, 4) is 11.5 Å². The number of hydrogen-bond donors (Lipinski definition) is 6. The van der Waals surface area contributed by atoms with Gasteiger partial charge in [0.15, 0.2) is 23.1 Å². The van der Waals surface area contributed by atoms with Crippen LogP contribution in [0.2, 0.25) is 0 Å². The summed E-state index contributed by atoms with van der Waals surface area (Å²) in [7, 11) is 0. The molecule has 4 fully saturated rings. The summed E-state index contributed by atoms with van der Waals surface area (Å²) in [4.78, 5) is 57.8. The summed E-state index contributed by atoms with van der Waals surface area (Å²) < 4.78 is 0. The Bertz CT molecular complexity index is 1810. The van der Waals surface area contributed by atoms with Crippen molar-refractivity contribution in [2.24, 2.45) is 34.5 Å². The number of phenolic OH excluding ortho intramolecular Hbond substituents is 2. The van der Waals surface area contributed by atoms with Crippen LogP contribution in [0.3, 0.4) is 0 Å². The molecule has 8 rings (SSSR count). The Hall–Kier alpha value is -4.28. The molecule has 0 radical (unpaired) electrons. The number of ketones is 4. The highest BCUT2D eigenvalue weighted by Crippen LogP contribution is 2.80. The summed E-state index contributed by atoms with van der Waals surface area (Å²) in [5, 5.41) is 68.0. The lowest BCUT2D eigenvalue weighted by molar-refractivity contribution is -0.142. The summed E-state index contributed by atoms with van der Waals surface area (Å²) >= 11 is 0. The van der Waals surface area contributed by atoms with Gasteiger partial charge in [0.05, 0.1) is 57.1 Å². The van der Waals surface area contributed by atoms with E-state index in [2.05, 4.69) is 0 Å². The Morgan fingerprint density at radius 1 is 0.675 bits per heavy atom. The van der Waals surface area contributed by atoms with Gasteiger partial charge in [0.1, 0.15) is 23.0 Å². The van der Waals surface area contributed by atoms with Gasteiger partial charge in [-0.1, -0.05) is 12.1 Å². The van der Waals surface area contributed by atoms with E-state index in [9.17, 15) is 49.8 Å². The molecule has 0 heterocycles. The number of carbonyl (C=O) groups is 4. The molecule has 0 saturated heterocycles. The van der Waals surface area contributed by atoms with Crippen molar-refractivity contribution in [1.82, 2.24) is 0 Å². The number of aromatic hydroxyl groups is 2. The quantitative estimate of drug-likeness (QED) is 0.286. The molecule has 40 heavy (non-hydrogen) atoms. The SMILES string of the molecule is Cc1cc(O)c2c(c1)C(=O)C13C(=C2O)C(=O)C2C(O)C1C1C(O)C3C(=O)C3=C(O)c4c(ccc(C)c4O)C(=O)C321. The number of aliphatic hydroxyl groups excluding tert-OH is 4. The van der Waals surface area contributed by atoms with Gasteiger partial charge in [-0.25, -0.2) is 0 Å². The van der Waals surface area contributed by atoms with Gasteiger partial charge in [-0.15, -0.1) is 0 Å². The Morgan fingerprint density at radius 3 is 1.73 bits per heavy atom. The molecule has 8 unspecified atom stereocenters. The van der Waals surface area contributed by atoms with Crippen molar-refractivity contribution < 1.29 is 49.8 Å². The van der Waals surface area contributed by atoms with E-state index in [0.29, 0.717) is 11.1 Å². The van der Waals surface area contributed by atoms with E-state index in [1.165, 1.54) is 31.2 Å². The first kappa shape index (κ1) is 23.6. The monoisotopic (exact) mass is 542 g/mol. The molecule has 2 aromatic rings. The number of Topliss-reactive ketones (excluding diaryl/α,β-unsaturated/α-hetero) is 4. The second-order valence-electron chi connectivity index (χ2n) is 11.9. The Labute approximate surface area is 225 Å². The molecule has 0 amide bonds. The van der Waals surface area contributed by atoms with E-state index < -0.39 is 104 Å². The van der Waals surface area contributed by atoms with E-state index in [1.807, 2.05) is 0 Å². The lowest BCUT2D eigenvalue weighted by Crippen LogP contribution is -2.65. The second-order valence-corrected chi connectivity index (χ2v) is 11.9. The van der Waals surface area contributed by atoms with Crippen molar-refractivity contribution in [2.45, 2.75) is 26.1 Å². The van der Waals surface area contributed by atoms with Gasteiger partial charge >= 0.3 is 0 Å². The molecule has 2 spiro atoms. The van der Waals surface area contributed by atoms with Gasteiger partial charge in [0.2, 0.25) is 0 Å². The van der Waals surface area contributed by atoms with Crippen LogP contribution >= 0.6 is 0 Å². The smallest absolute Gasteiger partial charge is 0.175 e. The first-order valence-electron chi connectivity index (χ1n) is 12.9. The standard InChI is InChI=1S/C30H22O10/c1-7-5-10-12(11(31)6-7)21(33)16-25(37)18-24(36)15-14-23(35)19(30(15,16)28(10)40)26(38)17-22(34)13-9(27(39)29(14,17)18)4-3-8(2)20(13)32/h3-6,14-15,18-19,23-24,31-36H,1-2H3. The molecule has 4 bridgehead atoms. The maximum Gasteiger partial charge on any atom is 0.175 e. The zero-order chi connectivity index (χ0) is 28.5. The number of aryl methyl sites for hydroxylation is 2. The molecule has 6 N–H and O–H groups in total. The van der Waals surface area contributed by atoms with E-state index >= 15 is 0 Å². The number of aliphatic hydroxyl groups is 4. The third kappa shape index (κ3) is 1.93. The summed E-state index contributed by atoms with van der Waals surface area (Å²) in [6, 6.07) is 5.46. The number of rotatable bonds is 0. The maximum atomic E-state index is 14.5. The van der Waals surface area contributed by atoms with Gasteiger partial charge < -0.3 is 30.6 Å².